The van der Waals surface area contributed by atoms with Gasteiger partial charge in [-0.05, 0) is 31.0 Å². The van der Waals surface area contributed by atoms with E-state index in [4.69, 9.17) is 21.0 Å². The summed E-state index contributed by atoms with van der Waals surface area (Å²) in [4.78, 5) is 0. The largest absolute Gasteiger partial charge is 0.490 e. The maximum Gasteiger partial charge on any atom is 0.133 e. The Balaban J connectivity index is 0.00000225. The summed E-state index contributed by atoms with van der Waals surface area (Å²) in [6, 6.07) is 3.77. The molecule has 16 heavy (non-hydrogen) atoms. The highest BCUT2D eigenvalue weighted by Crippen LogP contribution is 2.24. The Morgan fingerprint density at radius 3 is 2.56 bits per heavy atom. The Morgan fingerprint density at radius 1 is 1.44 bits per heavy atom. The van der Waals surface area contributed by atoms with Crippen LogP contribution in [0.5, 0.6) is 5.75 Å². The predicted octanol–water partition coefficient (Wildman–Crippen LogP) is 1.38. The van der Waals surface area contributed by atoms with Crippen LogP contribution in [0.1, 0.15) is 16.7 Å². The summed E-state index contributed by atoms with van der Waals surface area (Å²) < 4.78 is 5.36. The smallest absolute Gasteiger partial charge is 0.133 e. The van der Waals surface area contributed by atoms with Crippen LogP contribution in [-0.2, 0) is 0 Å². The van der Waals surface area contributed by atoms with Gasteiger partial charge in [-0.1, -0.05) is 6.07 Å². The lowest BCUT2D eigenvalue weighted by Gasteiger charge is -2.13. The highest BCUT2D eigenvalue weighted by molar-refractivity contribution is 5.98. The summed E-state index contributed by atoms with van der Waals surface area (Å²) in [5.41, 5.74) is 8.01. The number of benzene rings is 1. The van der Waals surface area contributed by atoms with Crippen molar-refractivity contribution in [1.82, 2.24) is 0 Å². The molecule has 0 unspecified atom stereocenters. The second-order valence-corrected chi connectivity index (χ2v) is 3.44. The lowest BCUT2D eigenvalue weighted by Crippen LogP contribution is -2.15. The van der Waals surface area contributed by atoms with E-state index in [0.717, 1.165) is 11.1 Å². The van der Waals surface area contributed by atoms with Gasteiger partial charge in [0.25, 0.3) is 0 Å². The first-order valence-corrected chi connectivity index (χ1v) is 4.75. The van der Waals surface area contributed by atoms with E-state index < -0.39 is 0 Å². The van der Waals surface area contributed by atoms with Gasteiger partial charge in [-0.2, -0.15) is 0 Å². The molecule has 0 aliphatic heterocycles. The lowest BCUT2D eigenvalue weighted by atomic mass is 10.0. The van der Waals surface area contributed by atoms with E-state index in [9.17, 15) is 0 Å². The first-order chi connectivity index (χ1) is 7.06. The number of nitrogens with two attached hydrogens (primary N) is 1. The normalized spacial score (nSPS) is 9.44. The SMILES string of the molecule is Cc1cc(C)c(OCCO)c(C(=N)N)c1.Cl. The van der Waals surface area contributed by atoms with Gasteiger partial charge < -0.3 is 15.6 Å². The number of aryl methyl sites for hydroxylation is 2. The van der Waals surface area contributed by atoms with Gasteiger partial charge in [-0.3, -0.25) is 5.41 Å². The number of hydrogen-bond donors (Lipinski definition) is 3. The van der Waals surface area contributed by atoms with Gasteiger partial charge in [-0.15, -0.1) is 12.4 Å². The Bertz CT molecular complexity index is 380. The molecule has 0 amide bonds. The molecule has 0 aliphatic rings. The summed E-state index contributed by atoms with van der Waals surface area (Å²) in [5, 5.41) is 16.1. The molecule has 0 fully saturated rings. The fourth-order valence-electron chi connectivity index (χ4n) is 1.49. The third-order valence-corrected chi connectivity index (χ3v) is 2.05. The molecule has 0 atom stereocenters. The molecule has 90 valence electrons. The van der Waals surface area contributed by atoms with Crippen LogP contribution in [0.15, 0.2) is 12.1 Å². The Morgan fingerprint density at radius 2 is 2.06 bits per heavy atom. The van der Waals surface area contributed by atoms with Gasteiger partial charge >= 0.3 is 0 Å². The van der Waals surface area contributed by atoms with Crippen molar-refractivity contribution in [3.8, 4) is 5.75 Å². The highest BCUT2D eigenvalue weighted by atomic mass is 35.5. The number of nitrogens with one attached hydrogen (secondary N) is 1. The summed E-state index contributed by atoms with van der Waals surface area (Å²) in [6.07, 6.45) is 0. The third kappa shape index (κ3) is 3.40. The van der Waals surface area contributed by atoms with Crippen LogP contribution in [0.25, 0.3) is 0 Å². The first kappa shape index (κ1) is 14.7. The Hall–Kier alpha value is -1.26. The molecule has 0 radical (unpaired) electrons. The number of amidine groups is 1. The first-order valence-electron chi connectivity index (χ1n) is 4.75. The number of nitrogen functional groups attached to an aromatic ring is 1. The molecule has 1 aromatic carbocycles. The fourth-order valence-corrected chi connectivity index (χ4v) is 1.49. The van der Waals surface area contributed by atoms with E-state index in [1.807, 2.05) is 26.0 Å². The van der Waals surface area contributed by atoms with Crippen molar-refractivity contribution < 1.29 is 9.84 Å². The van der Waals surface area contributed by atoms with E-state index in [0.29, 0.717) is 11.3 Å². The summed E-state index contributed by atoms with van der Waals surface area (Å²) >= 11 is 0. The third-order valence-electron chi connectivity index (χ3n) is 2.05. The van der Waals surface area contributed by atoms with E-state index in [2.05, 4.69) is 0 Å². The molecule has 0 aliphatic carbocycles. The fraction of sp³-hybridized carbons (Fsp3) is 0.364. The number of halogens is 1. The standard InChI is InChI=1S/C11H16N2O2.ClH/c1-7-5-8(2)10(15-4-3-14)9(6-7)11(12)13;/h5-6,14H,3-4H2,1-2H3,(H3,12,13);1H. The molecular formula is C11H17ClN2O2. The molecule has 0 saturated carbocycles. The lowest BCUT2D eigenvalue weighted by molar-refractivity contribution is 0.200. The Labute approximate surface area is 101 Å². The van der Waals surface area contributed by atoms with Crippen molar-refractivity contribution in [2.75, 3.05) is 13.2 Å². The molecule has 4 N–H and O–H groups in total. The second kappa shape index (κ2) is 6.35. The van der Waals surface area contributed by atoms with Gasteiger partial charge in [0.1, 0.15) is 18.2 Å². The van der Waals surface area contributed by atoms with Crippen molar-refractivity contribution in [3.63, 3.8) is 0 Å². The molecule has 1 aromatic rings. The van der Waals surface area contributed by atoms with Gasteiger partial charge in [0, 0.05) is 0 Å². The minimum Gasteiger partial charge on any atom is -0.490 e. The van der Waals surface area contributed by atoms with Crippen LogP contribution >= 0.6 is 12.4 Å². The average molecular weight is 245 g/mol. The Kier molecular flexibility index (Phi) is 5.85. The predicted molar refractivity (Wildman–Crippen MR) is 66.8 cm³/mol. The van der Waals surface area contributed by atoms with Crippen LogP contribution in [-0.4, -0.2) is 24.2 Å². The highest BCUT2D eigenvalue weighted by Gasteiger charge is 2.10. The maximum absolute atomic E-state index is 8.69. The van der Waals surface area contributed by atoms with E-state index in [1.54, 1.807) is 0 Å². The quantitative estimate of drug-likeness (QED) is 0.553. The molecule has 0 spiro atoms. The zero-order valence-corrected chi connectivity index (χ0v) is 10.2. The van der Waals surface area contributed by atoms with E-state index in [-0.39, 0.29) is 31.5 Å². The summed E-state index contributed by atoms with van der Waals surface area (Å²) in [7, 11) is 0. The number of hydrogen-bond acceptors (Lipinski definition) is 3. The molecule has 0 aromatic heterocycles. The van der Waals surface area contributed by atoms with E-state index in [1.165, 1.54) is 0 Å². The monoisotopic (exact) mass is 244 g/mol. The molecular weight excluding hydrogens is 228 g/mol. The van der Waals surface area contributed by atoms with Crippen molar-refractivity contribution in [2.45, 2.75) is 13.8 Å². The van der Waals surface area contributed by atoms with Crippen LogP contribution in [0.4, 0.5) is 0 Å². The van der Waals surface area contributed by atoms with Gasteiger partial charge in [0.15, 0.2) is 0 Å². The maximum atomic E-state index is 8.69. The molecule has 4 nitrogen and oxygen atoms in total. The topological polar surface area (TPSA) is 79.3 Å². The number of ether oxygens (including phenoxy) is 1. The summed E-state index contributed by atoms with van der Waals surface area (Å²) in [6.45, 7) is 4.00. The summed E-state index contributed by atoms with van der Waals surface area (Å²) in [5.74, 6) is 0.567. The molecule has 0 saturated heterocycles. The number of rotatable bonds is 4. The molecule has 1 rings (SSSR count). The zero-order valence-electron chi connectivity index (χ0n) is 9.41. The van der Waals surface area contributed by atoms with Gasteiger partial charge in [-0.25, -0.2) is 0 Å². The minimum atomic E-state index is -0.0509. The van der Waals surface area contributed by atoms with Gasteiger partial charge in [0.2, 0.25) is 0 Å². The van der Waals surface area contributed by atoms with Crippen molar-refractivity contribution in [2.24, 2.45) is 5.73 Å². The van der Waals surface area contributed by atoms with Crippen LogP contribution in [0.3, 0.4) is 0 Å². The number of aliphatic hydroxyl groups excluding tert-OH is 1. The molecule has 5 heteroatoms. The molecule has 0 heterocycles. The van der Waals surface area contributed by atoms with Gasteiger partial charge in [0.05, 0.1) is 12.2 Å². The minimum absolute atomic E-state index is 0. The number of aliphatic hydroxyl groups is 1. The van der Waals surface area contributed by atoms with Crippen LogP contribution in [0.2, 0.25) is 0 Å². The second-order valence-electron chi connectivity index (χ2n) is 3.44. The molecule has 0 bridgehead atoms. The average Bonchev–Trinajstić information content (AvgIpc) is 2.15. The van der Waals surface area contributed by atoms with E-state index >= 15 is 0 Å². The zero-order chi connectivity index (χ0) is 11.4. The van der Waals surface area contributed by atoms with Crippen molar-refractivity contribution in [3.05, 3.63) is 28.8 Å². The van der Waals surface area contributed by atoms with Crippen LogP contribution in [0, 0.1) is 19.3 Å². The van der Waals surface area contributed by atoms with Crippen molar-refractivity contribution in [1.29, 1.82) is 5.41 Å². The van der Waals surface area contributed by atoms with Crippen molar-refractivity contribution >= 4 is 18.2 Å². The van der Waals surface area contributed by atoms with Crippen LogP contribution < -0.4 is 10.5 Å².